The summed E-state index contributed by atoms with van der Waals surface area (Å²) >= 11 is 0. The van der Waals surface area contributed by atoms with E-state index in [9.17, 15) is 36.0 Å². The number of sulfone groups is 1. The van der Waals surface area contributed by atoms with Gasteiger partial charge in [-0.15, -0.1) is 0 Å². The number of urea groups is 2. The molecular formula is C59H65N7O8S2. The van der Waals surface area contributed by atoms with Crippen LogP contribution in [0.15, 0.2) is 136 Å². The number of benzene rings is 6. The second-order valence-corrected chi connectivity index (χ2v) is 23.1. The molecule has 6 aromatic carbocycles. The number of amides is 5. The summed E-state index contributed by atoms with van der Waals surface area (Å²) in [5.41, 5.74) is 21.0. The van der Waals surface area contributed by atoms with Crippen LogP contribution in [-0.2, 0) is 107 Å². The molecule has 6 aromatic rings. The Morgan fingerprint density at radius 2 is 1.00 bits per heavy atom. The zero-order valence-corrected chi connectivity index (χ0v) is 44.2. The third kappa shape index (κ3) is 14.5. The van der Waals surface area contributed by atoms with Crippen LogP contribution < -0.4 is 31.7 Å². The van der Waals surface area contributed by atoms with E-state index in [-0.39, 0.29) is 15.8 Å². The maximum Gasteiger partial charge on any atom is 0.333 e. The number of isocyanates is 1. The Morgan fingerprint density at radius 1 is 0.526 bits per heavy atom. The van der Waals surface area contributed by atoms with Crippen LogP contribution in [0.5, 0.6) is 0 Å². The summed E-state index contributed by atoms with van der Waals surface area (Å²) in [5.74, 6) is -0.998. The summed E-state index contributed by atoms with van der Waals surface area (Å²) in [7, 11) is -7.72. The standard InChI is InChI=1S/C29H32N4O4S.C22H26N2O3S.C8H7NO/c34-28(31-19-21-6-2-1-3-7-21)30-17-16-20-12-14-24(15-13-20)38(36,37)33-29(35)32-27-25-10-4-8-22(25)18-23-9-5-11-26(23)27;23-12-11-15-7-9-18(10-8-15)28(26,27)14-21(25)24-22-19-5-1-3-16(19)13-17-4-2-6-20(17)22;10-7-9-6-8-4-2-1-3-5-8/h1-3,6-7,12-15,18H,4-5,8-11,16-17,19H2,(H2,30,31,34)(H2,32,33,35);7-10,13H,1-6,11-12,14,23H2,(H,24,25);1-5H,6H2. The van der Waals surface area contributed by atoms with Crippen LogP contribution in [0.4, 0.5) is 21.0 Å². The fraction of sp³-hybridized carbons (Fsp3) is 0.322. The topological polar surface area (TPSA) is 235 Å². The summed E-state index contributed by atoms with van der Waals surface area (Å²) in [6, 6.07) is 35.7. The highest BCUT2D eigenvalue weighted by Gasteiger charge is 2.28. The van der Waals surface area contributed by atoms with Crippen molar-refractivity contribution in [2.75, 3.05) is 29.5 Å². The molecule has 0 saturated heterocycles. The number of hydrogen-bond acceptors (Lipinski definition) is 10. The SMILES string of the molecule is NCCc1ccc(S(=O)(=O)CC(=O)Nc2c3c(cc4c2CCC4)CCC3)cc1.O=C(NCCc1ccc(S(=O)(=O)NC(=O)Nc2c3c(cc4c2CCC4)CCC3)cc1)NCc1ccccc1.O=C=NCc1ccccc1. The fourth-order valence-electron chi connectivity index (χ4n) is 10.4. The van der Waals surface area contributed by atoms with Crippen LogP contribution in [0.1, 0.15) is 92.4 Å². The largest absolute Gasteiger partial charge is 0.338 e. The van der Waals surface area contributed by atoms with Gasteiger partial charge in [-0.25, -0.2) is 40.9 Å². The highest BCUT2D eigenvalue weighted by molar-refractivity contribution is 7.92. The first-order valence-electron chi connectivity index (χ1n) is 26.0. The van der Waals surface area contributed by atoms with E-state index in [2.05, 4.69) is 43.1 Å². The molecule has 0 bridgehead atoms. The molecule has 0 heterocycles. The lowest BCUT2D eigenvalue weighted by Crippen LogP contribution is -2.36. The summed E-state index contributed by atoms with van der Waals surface area (Å²) < 4.78 is 53.3. The summed E-state index contributed by atoms with van der Waals surface area (Å²) in [6.45, 7) is 1.79. The molecule has 0 spiro atoms. The van der Waals surface area contributed by atoms with E-state index in [0.717, 1.165) is 122 Å². The van der Waals surface area contributed by atoms with Gasteiger partial charge in [0.25, 0.3) is 10.0 Å². The highest BCUT2D eigenvalue weighted by Crippen LogP contribution is 2.40. The maximum atomic E-state index is 12.9. The van der Waals surface area contributed by atoms with Gasteiger partial charge in [0.1, 0.15) is 5.75 Å². The van der Waals surface area contributed by atoms with Gasteiger partial charge >= 0.3 is 12.1 Å². The molecule has 4 aliphatic carbocycles. The molecule has 396 valence electrons. The number of carbonyl (C=O) groups is 3. The smallest absolute Gasteiger partial charge is 0.333 e. The minimum absolute atomic E-state index is 0.00785. The summed E-state index contributed by atoms with van der Waals surface area (Å²) in [4.78, 5) is 50.7. The number of hydrogen-bond donors (Lipinski definition) is 6. The lowest BCUT2D eigenvalue weighted by molar-refractivity contribution is -0.113. The second kappa shape index (κ2) is 25.9. The Bertz CT molecular complexity index is 3250. The predicted molar refractivity (Wildman–Crippen MR) is 295 cm³/mol. The van der Waals surface area contributed by atoms with Crippen molar-refractivity contribution in [1.82, 2.24) is 15.4 Å². The van der Waals surface area contributed by atoms with E-state index in [1.807, 2.05) is 60.7 Å². The van der Waals surface area contributed by atoms with Gasteiger partial charge in [0, 0.05) is 24.5 Å². The first-order valence-corrected chi connectivity index (χ1v) is 29.1. The molecule has 0 fully saturated rings. The third-order valence-corrected chi connectivity index (χ3v) is 17.1. The number of aryl methyl sites for hydroxylation is 4. The van der Waals surface area contributed by atoms with E-state index in [1.54, 1.807) is 36.4 Å². The summed E-state index contributed by atoms with van der Waals surface area (Å²) in [5, 5.41) is 11.4. The van der Waals surface area contributed by atoms with E-state index < -0.39 is 37.6 Å². The number of fused-ring (bicyclic) bond motifs is 4. The van der Waals surface area contributed by atoms with Crippen molar-refractivity contribution in [3.63, 3.8) is 0 Å². The van der Waals surface area contributed by atoms with Gasteiger partial charge in [-0.05, 0) is 187 Å². The number of aliphatic imine (C=N–C) groups is 1. The Hall–Kier alpha value is -7.43. The van der Waals surface area contributed by atoms with Crippen molar-refractivity contribution in [2.45, 2.75) is 113 Å². The van der Waals surface area contributed by atoms with Gasteiger partial charge in [0.05, 0.1) is 16.3 Å². The van der Waals surface area contributed by atoms with E-state index in [1.165, 1.54) is 51.6 Å². The predicted octanol–water partition coefficient (Wildman–Crippen LogP) is 8.32. The molecule has 17 heteroatoms. The number of rotatable bonds is 16. The average molecular weight is 1060 g/mol. The quantitative estimate of drug-likeness (QED) is 0.0403. The number of nitrogens with zero attached hydrogens (tertiary/aromatic N) is 1. The molecule has 4 aliphatic rings. The number of carbonyl (C=O) groups excluding carboxylic acids is 4. The summed E-state index contributed by atoms with van der Waals surface area (Å²) in [6.07, 6.45) is 14.8. The van der Waals surface area contributed by atoms with E-state index in [4.69, 9.17) is 5.73 Å². The molecule has 0 aromatic heterocycles. The lowest BCUT2D eigenvalue weighted by Gasteiger charge is -2.16. The zero-order chi connectivity index (χ0) is 53.5. The van der Waals surface area contributed by atoms with E-state index >= 15 is 0 Å². The number of nitrogens with two attached hydrogens (primary N) is 1. The van der Waals surface area contributed by atoms with Gasteiger partial charge in [-0.3, -0.25) is 4.79 Å². The van der Waals surface area contributed by atoms with Crippen molar-refractivity contribution < 1.29 is 36.0 Å². The molecule has 0 aliphatic heterocycles. The molecule has 10 rings (SSSR count). The first-order chi connectivity index (χ1) is 36.8. The number of sulfonamides is 1. The van der Waals surface area contributed by atoms with Crippen LogP contribution in [0.25, 0.3) is 0 Å². The van der Waals surface area contributed by atoms with E-state index in [0.29, 0.717) is 39.0 Å². The van der Waals surface area contributed by atoms with Crippen LogP contribution in [0.3, 0.4) is 0 Å². The molecular weight excluding hydrogens is 999 g/mol. The number of anilines is 2. The van der Waals surface area contributed by atoms with Crippen LogP contribution >= 0.6 is 0 Å². The van der Waals surface area contributed by atoms with Gasteiger partial charge in [0.15, 0.2) is 9.84 Å². The Morgan fingerprint density at radius 3 is 1.50 bits per heavy atom. The van der Waals surface area contributed by atoms with Crippen molar-refractivity contribution in [3.8, 4) is 0 Å². The van der Waals surface area contributed by atoms with Crippen molar-refractivity contribution in [2.24, 2.45) is 10.7 Å². The van der Waals surface area contributed by atoms with Crippen molar-refractivity contribution in [1.29, 1.82) is 0 Å². The monoisotopic (exact) mass is 1060 g/mol. The zero-order valence-electron chi connectivity index (χ0n) is 42.6. The molecule has 76 heavy (non-hydrogen) atoms. The van der Waals surface area contributed by atoms with Crippen LogP contribution in [0, 0.1) is 0 Å². The number of nitrogens with one attached hydrogen (secondary N) is 5. The third-order valence-electron chi connectivity index (χ3n) is 14.1. The van der Waals surface area contributed by atoms with Crippen LogP contribution in [-0.4, -0.2) is 59.7 Å². The highest BCUT2D eigenvalue weighted by atomic mass is 32.2. The Labute approximate surface area is 445 Å². The average Bonchev–Trinajstić information content (AvgIpc) is 4.28. The lowest BCUT2D eigenvalue weighted by atomic mass is 9.98. The molecule has 7 N–H and O–H groups in total. The Balaban J connectivity index is 0.000000175. The van der Waals surface area contributed by atoms with Gasteiger partial charge < -0.3 is 27.0 Å². The minimum atomic E-state index is -4.03. The molecule has 15 nitrogen and oxygen atoms in total. The van der Waals surface area contributed by atoms with Gasteiger partial charge in [-0.2, -0.15) is 0 Å². The van der Waals surface area contributed by atoms with Crippen LogP contribution in [0.2, 0.25) is 0 Å². The normalized spacial score (nSPS) is 13.7. The fourth-order valence-corrected chi connectivity index (χ4v) is 12.5. The molecule has 0 radical (unpaired) electrons. The Kier molecular flexibility index (Phi) is 18.7. The van der Waals surface area contributed by atoms with Crippen molar-refractivity contribution >= 4 is 55.3 Å². The molecule has 0 unspecified atom stereocenters. The van der Waals surface area contributed by atoms with Crippen molar-refractivity contribution in [3.05, 3.63) is 188 Å². The first kappa shape index (κ1) is 54.8. The minimum Gasteiger partial charge on any atom is -0.338 e. The van der Waals surface area contributed by atoms with Gasteiger partial charge in [0.2, 0.25) is 12.0 Å². The maximum absolute atomic E-state index is 12.9. The molecule has 5 amide bonds. The van der Waals surface area contributed by atoms with Gasteiger partial charge in [-0.1, -0.05) is 97.1 Å². The molecule has 0 atom stereocenters. The molecule has 0 saturated carbocycles. The second-order valence-electron chi connectivity index (χ2n) is 19.4.